The van der Waals surface area contributed by atoms with Gasteiger partial charge in [0.05, 0.1) is 0 Å². The SMILES string of the molecule is CC(C)CCCCCCNC(=O)C1CC(C(=O)O)=NO1. The van der Waals surface area contributed by atoms with Crippen molar-refractivity contribution in [2.24, 2.45) is 11.1 Å². The van der Waals surface area contributed by atoms with Gasteiger partial charge in [-0.25, -0.2) is 4.79 Å². The monoisotopic (exact) mass is 284 g/mol. The highest BCUT2D eigenvalue weighted by molar-refractivity contribution is 6.36. The summed E-state index contributed by atoms with van der Waals surface area (Å²) >= 11 is 0. The van der Waals surface area contributed by atoms with Crippen LogP contribution in [0, 0.1) is 5.92 Å². The molecular formula is C14H24N2O4. The number of nitrogens with one attached hydrogen (secondary N) is 1. The van der Waals surface area contributed by atoms with Gasteiger partial charge in [-0.2, -0.15) is 0 Å². The highest BCUT2D eigenvalue weighted by Gasteiger charge is 2.31. The van der Waals surface area contributed by atoms with E-state index in [0.717, 1.165) is 18.8 Å². The van der Waals surface area contributed by atoms with E-state index in [-0.39, 0.29) is 18.0 Å². The third kappa shape index (κ3) is 6.04. The summed E-state index contributed by atoms with van der Waals surface area (Å²) in [6, 6.07) is 0. The van der Waals surface area contributed by atoms with Gasteiger partial charge in [0.2, 0.25) is 6.10 Å². The number of carbonyl (C=O) groups excluding carboxylic acids is 1. The number of aliphatic carboxylic acids is 1. The van der Waals surface area contributed by atoms with Gasteiger partial charge in [-0.1, -0.05) is 44.7 Å². The highest BCUT2D eigenvalue weighted by atomic mass is 16.6. The van der Waals surface area contributed by atoms with Crippen molar-refractivity contribution in [2.75, 3.05) is 6.54 Å². The van der Waals surface area contributed by atoms with Crippen molar-refractivity contribution in [1.29, 1.82) is 0 Å². The largest absolute Gasteiger partial charge is 0.477 e. The van der Waals surface area contributed by atoms with Crippen LogP contribution in [0.25, 0.3) is 0 Å². The maximum atomic E-state index is 11.7. The normalized spacial score (nSPS) is 17.8. The van der Waals surface area contributed by atoms with E-state index < -0.39 is 12.1 Å². The van der Waals surface area contributed by atoms with Crippen LogP contribution in [0.4, 0.5) is 0 Å². The maximum Gasteiger partial charge on any atom is 0.353 e. The molecule has 0 saturated carbocycles. The molecular weight excluding hydrogens is 260 g/mol. The number of carbonyl (C=O) groups is 2. The van der Waals surface area contributed by atoms with E-state index in [1.54, 1.807) is 0 Å². The van der Waals surface area contributed by atoms with E-state index in [1.165, 1.54) is 19.3 Å². The lowest BCUT2D eigenvalue weighted by molar-refractivity contribution is -0.131. The molecule has 0 aromatic carbocycles. The fourth-order valence-electron chi connectivity index (χ4n) is 2.00. The van der Waals surface area contributed by atoms with Crippen molar-refractivity contribution < 1.29 is 19.5 Å². The molecule has 1 aliphatic rings. The van der Waals surface area contributed by atoms with E-state index in [1.807, 2.05) is 0 Å². The Hall–Kier alpha value is -1.59. The Morgan fingerprint density at radius 1 is 1.35 bits per heavy atom. The summed E-state index contributed by atoms with van der Waals surface area (Å²) in [5.41, 5.74) is -0.0983. The van der Waals surface area contributed by atoms with Gasteiger partial charge in [0.25, 0.3) is 5.91 Å². The van der Waals surface area contributed by atoms with Crippen LogP contribution in [0.1, 0.15) is 52.4 Å². The topological polar surface area (TPSA) is 88.0 Å². The lowest BCUT2D eigenvalue weighted by Crippen LogP contribution is -2.35. The van der Waals surface area contributed by atoms with Crippen LogP contribution < -0.4 is 5.32 Å². The van der Waals surface area contributed by atoms with E-state index >= 15 is 0 Å². The van der Waals surface area contributed by atoms with Gasteiger partial charge < -0.3 is 15.3 Å². The number of carboxylic acid groups (broad SMARTS) is 1. The summed E-state index contributed by atoms with van der Waals surface area (Å²) in [5.74, 6) is -0.671. The van der Waals surface area contributed by atoms with Crippen LogP contribution in [0.3, 0.4) is 0 Å². The standard InChI is InChI=1S/C14H24N2O4/c1-10(2)7-5-3-4-6-8-15-13(17)12-9-11(14(18)19)16-20-12/h10,12H,3-9H2,1-2H3,(H,15,17)(H,18,19). The van der Waals surface area contributed by atoms with Crippen LogP contribution >= 0.6 is 0 Å². The molecule has 1 atom stereocenters. The zero-order valence-electron chi connectivity index (χ0n) is 12.2. The molecule has 1 rings (SSSR count). The van der Waals surface area contributed by atoms with E-state index in [2.05, 4.69) is 24.3 Å². The number of hydrogen-bond donors (Lipinski definition) is 2. The van der Waals surface area contributed by atoms with Crippen LogP contribution in [0.5, 0.6) is 0 Å². The van der Waals surface area contributed by atoms with E-state index in [9.17, 15) is 9.59 Å². The fraction of sp³-hybridized carbons (Fsp3) is 0.786. The fourth-order valence-corrected chi connectivity index (χ4v) is 2.00. The second-order valence-corrected chi connectivity index (χ2v) is 5.53. The highest BCUT2D eigenvalue weighted by Crippen LogP contribution is 2.11. The van der Waals surface area contributed by atoms with Gasteiger partial charge in [-0.3, -0.25) is 4.79 Å². The van der Waals surface area contributed by atoms with Gasteiger partial charge in [-0.15, -0.1) is 0 Å². The average molecular weight is 284 g/mol. The molecule has 0 saturated heterocycles. The molecule has 0 radical (unpaired) electrons. The van der Waals surface area contributed by atoms with Gasteiger partial charge in [0.1, 0.15) is 0 Å². The average Bonchev–Trinajstić information content (AvgIpc) is 2.86. The summed E-state index contributed by atoms with van der Waals surface area (Å²) in [7, 11) is 0. The minimum absolute atomic E-state index is 0.0373. The minimum atomic E-state index is -1.13. The minimum Gasteiger partial charge on any atom is -0.477 e. The van der Waals surface area contributed by atoms with Crippen LogP contribution in [-0.2, 0) is 14.4 Å². The number of carboxylic acids is 1. The molecule has 1 heterocycles. The second kappa shape index (κ2) is 8.55. The van der Waals surface area contributed by atoms with Crippen molar-refractivity contribution >= 4 is 17.6 Å². The Balaban J connectivity index is 2.03. The van der Waals surface area contributed by atoms with Gasteiger partial charge in [0, 0.05) is 13.0 Å². The van der Waals surface area contributed by atoms with Crippen molar-refractivity contribution in [3.05, 3.63) is 0 Å². The number of unbranched alkanes of at least 4 members (excludes halogenated alkanes) is 3. The van der Waals surface area contributed by atoms with Crippen LogP contribution in [-0.4, -0.2) is 35.3 Å². The smallest absolute Gasteiger partial charge is 0.353 e. The molecule has 0 bridgehead atoms. The molecule has 1 unspecified atom stereocenters. The zero-order valence-corrected chi connectivity index (χ0v) is 12.2. The first-order chi connectivity index (χ1) is 9.50. The van der Waals surface area contributed by atoms with E-state index in [0.29, 0.717) is 6.54 Å². The molecule has 0 aromatic heterocycles. The van der Waals surface area contributed by atoms with Gasteiger partial charge >= 0.3 is 5.97 Å². The molecule has 0 aliphatic carbocycles. The molecule has 114 valence electrons. The Labute approximate surface area is 119 Å². The molecule has 20 heavy (non-hydrogen) atoms. The number of oxime groups is 1. The summed E-state index contributed by atoms with van der Waals surface area (Å²) in [6.07, 6.45) is 4.93. The molecule has 0 fully saturated rings. The first-order valence-electron chi connectivity index (χ1n) is 7.24. The lowest BCUT2D eigenvalue weighted by atomic mass is 10.0. The lowest BCUT2D eigenvalue weighted by Gasteiger charge is -2.09. The molecule has 0 spiro atoms. The summed E-state index contributed by atoms with van der Waals surface area (Å²) < 4.78 is 0. The summed E-state index contributed by atoms with van der Waals surface area (Å²) in [5, 5.41) is 14.8. The Morgan fingerprint density at radius 2 is 2.05 bits per heavy atom. The van der Waals surface area contributed by atoms with Crippen LogP contribution in [0.15, 0.2) is 5.16 Å². The predicted octanol–water partition coefficient (Wildman–Crippen LogP) is 1.94. The van der Waals surface area contributed by atoms with Gasteiger partial charge in [-0.05, 0) is 12.3 Å². The first kappa shape index (κ1) is 16.5. The van der Waals surface area contributed by atoms with Crippen molar-refractivity contribution in [3.8, 4) is 0 Å². The quantitative estimate of drug-likeness (QED) is 0.633. The molecule has 6 heteroatoms. The third-order valence-electron chi connectivity index (χ3n) is 3.22. The molecule has 0 aromatic rings. The van der Waals surface area contributed by atoms with Crippen molar-refractivity contribution in [1.82, 2.24) is 5.32 Å². The predicted molar refractivity (Wildman–Crippen MR) is 75.5 cm³/mol. The maximum absolute atomic E-state index is 11.7. The molecule has 6 nitrogen and oxygen atoms in total. The van der Waals surface area contributed by atoms with Crippen LogP contribution in [0.2, 0.25) is 0 Å². The van der Waals surface area contributed by atoms with Gasteiger partial charge in [0.15, 0.2) is 5.71 Å². The van der Waals surface area contributed by atoms with E-state index in [4.69, 9.17) is 9.94 Å². The molecule has 2 N–H and O–H groups in total. The number of rotatable bonds is 9. The Kier molecular flexibility index (Phi) is 7.04. The Morgan fingerprint density at radius 3 is 2.65 bits per heavy atom. The summed E-state index contributed by atoms with van der Waals surface area (Å²) in [4.78, 5) is 27.1. The number of hydrogen-bond acceptors (Lipinski definition) is 4. The molecule has 1 amide bonds. The first-order valence-corrected chi connectivity index (χ1v) is 7.24. The second-order valence-electron chi connectivity index (χ2n) is 5.53. The zero-order chi connectivity index (χ0) is 15.0. The Bertz CT molecular complexity index is 366. The number of amides is 1. The summed E-state index contributed by atoms with van der Waals surface area (Å²) in [6.45, 7) is 5.04. The number of nitrogens with zero attached hydrogens (tertiary/aromatic N) is 1. The van der Waals surface area contributed by atoms with Crippen molar-refractivity contribution in [3.63, 3.8) is 0 Å². The van der Waals surface area contributed by atoms with Crippen molar-refractivity contribution in [2.45, 2.75) is 58.5 Å². The molecule has 1 aliphatic heterocycles. The third-order valence-corrected chi connectivity index (χ3v) is 3.22.